The molecule has 0 spiro atoms. The summed E-state index contributed by atoms with van der Waals surface area (Å²) in [4.78, 5) is 0. The molecule has 0 nitrogen and oxygen atoms in total. The second kappa shape index (κ2) is 6.00. The van der Waals surface area contributed by atoms with Crippen molar-refractivity contribution in [2.24, 2.45) is 0 Å². The summed E-state index contributed by atoms with van der Waals surface area (Å²) in [5, 5.41) is 0. The van der Waals surface area contributed by atoms with Crippen LogP contribution in [0.5, 0.6) is 0 Å². The number of hydrogen-bond donors (Lipinski definition) is 0. The van der Waals surface area contributed by atoms with Gasteiger partial charge in [0, 0.05) is 0 Å². The number of rotatable bonds is 6. The Hall–Kier alpha value is 0.430. The molecule has 0 aliphatic carbocycles. The molecule has 11 heavy (non-hydrogen) atoms. The second-order valence-electron chi connectivity index (χ2n) is 4.02. The predicted octanol–water partition coefficient (Wildman–Crippen LogP) is 3.60. The van der Waals surface area contributed by atoms with Crippen LogP contribution in [0.3, 0.4) is 0 Å². The van der Waals surface area contributed by atoms with E-state index in [1.165, 1.54) is 25.4 Å². The average molecular weight is 176 g/mol. The van der Waals surface area contributed by atoms with Crippen LogP contribution in [0.2, 0.25) is 0 Å². The fourth-order valence-electron chi connectivity index (χ4n) is 1.69. The summed E-state index contributed by atoms with van der Waals surface area (Å²) >= 11 is 0. The van der Waals surface area contributed by atoms with Crippen molar-refractivity contribution in [1.29, 1.82) is 0 Å². The molecule has 0 aliphatic rings. The van der Waals surface area contributed by atoms with Crippen LogP contribution in [0.4, 0.5) is 0 Å². The van der Waals surface area contributed by atoms with Crippen molar-refractivity contribution < 1.29 is 0 Å². The van der Waals surface area contributed by atoms with E-state index >= 15 is 0 Å². The zero-order valence-electron chi connectivity index (χ0n) is 8.74. The molecule has 70 valence electrons. The fraction of sp³-hybridized carbons (Fsp3) is 1.00. The third kappa shape index (κ3) is 4.80. The molecule has 0 unspecified atom stereocenters. The second-order valence-corrected chi connectivity index (χ2v) is 9.35. The Morgan fingerprint density at radius 3 is 1.91 bits per heavy atom. The van der Waals surface area contributed by atoms with Crippen molar-refractivity contribution in [1.82, 2.24) is 0 Å². The Kier molecular flexibility index (Phi) is 6.24. The first-order valence-corrected chi connectivity index (χ1v) is 8.30. The maximum atomic E-state index is 2.58. The van der Waals surface area contributed by atoms with E-state index in [0.29, 0.717) is 0 Å². The molecule has 0 aromatic rings. The first-order valence-electron chi connectivity index (χ1n) is 5.18. The quantitative estimate of drug-likeness (QED) is 0.542. The molecule has 0 bridgehead atoms. The van der Waals surface area contributed by atoms with Gasteiger partial charge >= 0.3 is 72.4 Å². The third-order valence-electron chi connectivity index (χ3n) is 2.84. The van der Waals surface area contributed by atoms with Gasteiger partial charge in [0.05, 0.1) is 0 Å². The molecule has 0 aromatic carbocycles. The van der Waals surface area contributed by atoms with E-state index in [1.807, 2.05) is 0 Å². The van der Waals surface area contributed by atoms with Crippen molar-refractivity contribution in [2.45, 2.75) is 40.0 Å². The Labute approximate surface area is 73.1 Å². The molecule has 0 radical (unpaired) electrons. The predicted molar refractivity (Wildman–Crippen MR) is 59.7 cm³/mol. The van der Waals surface area contributed by atoms with E-state index in [0.717, 1.165) is 0 Å². The van der Waals surface area contributed by atoms with Gasteiger partial charge in [0.25, 0.3) is 0 Å². The summed E-state index contributed by atoms with van der Waals surface area (Å²) in [6.07, 6.45) is 8.85. The molecular weight excluding hydrogens is 151 g/mol. The Bertz CT molecular complexity index is 90.9. The van der Waals surface area contributed by atoms with Gasteiger partial charge in [-0.05, 0) is 0 Å². The van der Waals surface area contributed by atoms with Gasteiger partial charge < -0.3 is 0 Å². The van der Waals surface area contributed by atoms with E-state index in [-0.39, 0.29) is 0 Å². The van der Waals surface area contributed by atoms with E-state index in [4.69, 9.17) is 0 Å². The molecule has 1 heteroatoms. The standard InChI is InChI=1S/C10H25P/c1-5-8-10-11(4,7-3)9-6-2/h11H,5-10H2,1-4H3. The van der Waals surface area contributed by atoms with E-state index in [2.05, 4.69) is 27.4 Å². The molecule has 0 heterocycles. The molecule has 0 saturated carbocycles. The maximum absolute atomic E-state index is 2.58. The van der Waals surface area contributed by atoms with Crippen molar-refractivity contribution in [3.63, 3.8) is 0 Å². The van der Waals surface area contributed by atoms with Gasteiger partial charge in [-0.1, -0.05) is 0 Å². The minimum atomic E-state index is -0.744. The summed E-state index contributed by atoms with van der Waals surface area (Å²) in [7, 11) is -0.744. The summed E-state index contributed by atoms with van der Waals surface area (Å²) in [5.74, 6) is 0. The van der Waals surface area contributed by atoms with Crippen LogP contribution in [-0.2, 0) is 0 Å². The minimum absolute atomic E-state index is 0.744. The molecule has 0 aliphatic heterocycles. The molecular formula is C10H25P. The zero-order valence-corrected chi connectivity index (χ0v) is 9.74. The third-order valence-corrected chi connectivity index (χ3v) is 7.82. The van der Waals surface area contributed by atoms with Crippen molar-refractivity contribution in [2.75, 3.05) is 25.2 Å². The van der Waals surface area contributed by atoms with E-state index in [1.54, 1.807) is 12.3 Å². The average Bonchev–Trinajstić information content (AvgIpc) is 2.02. The first kappa shape index (κ1) is 11.4. The topological polar surface area (TPSA) is 0 Å². The van der Waals surface area contributed by atoms with Crippen LogP contribution in [0.1, 0.15) is 40.0 Å². The van der Waals surface area contributed by atoms with Crippen LogP contribution in [0.25, 0.3) is 0 Å². The first-order chi connectivity index (χ1) is 5.18. The summed E-state index contributed by atoms with van der Waals surface area (Å²) in [6, 6.07) is 0. The number of unbranched alkanes of at least 4 members (excludes halogenated alkanes) is 1. The van der Waals surface area contributed by atoms with Crippen molar-refractivity contribution in [3.8, 4) is 0 Å². The van der Waals surface area contributed by atoms with Gasteiger partial charge in [-0.15, -0.1) is 0 Å². The SMILES string of the molecule is CCCC[PH](C)(CC)CCC. The van der Waals surface area contributed by atoms with Gasteiger partial charge in [0.15, 0.2) is 0 Å². The van der Waals surface area contributed by atoms with Crippen molar-refractivity contribution in [3.05, 3.63) is 0 Å². The van der Waals surface area contributed by atoms with Crippen LogP contribution in [0.15, 0.2) is 0 Å². The summed E-state index contributed by atoms with van der Waals surface area (Å²) in [5.41, 5.74) is 0. The van der Waals surface area contributed by atoms with Crippen LogP contribution < -0.4 is 0 Å². The molecule has 0 atom stereocenters. The van der Waals surface area contributed by atoms with Crippen LogP contribution >= 0.6 is 7.26 Å². The van der Waals surface area contributed by atoms with E-state index in [9.17, 15) is 0 Å². The molecule has 0 fully saturated rings. The van der Waals surface area contributed by atoms with Gasteiger partial charge in [-0.25, -0.2) is 0 Å². The van der Waals surface area contributed by atoms with E-state index < -0.39 is 7.26 Å². The molecule has 0 rings (SSSR count). The van der Waals surface area contributed by atoms with Gasteiger partial charge in [-0.2, -0.15) is 0 Å². The molecule has 0 amide bonds. The summed E-state index contributed by atoms with van der Waals surface area (Å²) in [6.45, 7) is 9.59. The van der Waals surface area contributed by atoms with Gasteiger partial charge in [-0.3, -0.25) is 0 Å². The van der Waals surface area contributed by atoms with Gasteiger partial charge in [0.2, 0.25) is 0 Å². The van der Waals surface area contributed by atoms with Crippen molar-refractivity contribution >= 4 is 7.26 Å². The van der Waals surface area contributed by atoms with Gasteiger partial charge in [0.1, 0.15) is 0 Å². The monoisotopic (exact) mass is 176 g/mol. The zero-order chi connectivity index (χ0) is 8.74. The Morgan fingerprint density at radius 2 is 1.55 bits per heavy atom. The molecule has 0 N–H and O–H groups in total. The Morgan fingerprint density at radius 1 is 0.909 bits per heavy atom. The molecule has 0 saturated heterocycles. The normalized spacial score (nSPS) is 13.5. The van der Waals surface area contributed by atoms with Crippen LogP contribution in [-0.4, -0.2) is 25.2 Å². The summed E-state index contributed by atoms with van der Waals surface area (Å²) < 4.78 is 0. The number of hydrogen-bond acceptors (Lipinski definition) is 0. The van der Waals surface area contributed by atoms with Crippen LogP contribution in [0, 0.1) is 0 Å². The Balaban J connectivity index is 3.68. The fourth-order valence-corrected chi connectivity index (χ4v) is 5.06. The molecule has 0 aromatic heterocycles.